The van der Waals surface area contributed by atoms with Crippen LogP contribution >= 0.6 is 0 Å². The van der Waals surface area contributed by atoms with Crippen molar-refractivity contribution in [3.8, 4) is 0 Å². The van der Waals surface area contributed by atoms with Crippen molar-refractivity contribution in [1.29, 1.82) is 0 Å². The lowest BCUT2D eigenvalue weighted by Crippen LogP contribution is -2.60. The molecule has 4 unspecified atom stereocenters. The van der Waals surface area contributed by atoms with Crippen molar-refractivity contribution in [3.63, 3.8) is 0 Å². The zero-order chi connectivity index (χ0) is 11.8. The van der Waals surface area contributed by atoms with E-state index in [1.54, 1.807) is 6.42 Å². The molecule has 4 atom stereocenters. The maximum absolute atomic E-state index is 10.6. The van der Waals surface area contributed by atoms with Crippen molar-refractivity contribution in [1.82, 2.24) is 0 Å². The van der Waals surface area contributed by atoms with Crippen LogP contribution in [-0.4, -0.2) is 10.7 Å². The van der Waals surface area contributed by atoms with E-state index in [2.05, 4.69) is 13.8 Å². The molecule has 0 radical (unpaired) electrons. The highest BCUT2D eigenvalue weighted by molar-refractivity contribution is 5.14. The molecule has 4 rings (SSSR count). The van der Waals surface area contributed by atoms with Gasteiger partial charge >= 0.3 is 0 Å². The Labute approximate surface area is 105 Å². The Hall–Kier alpha value is -0.0400. The van der Waals surface area contributed by atoms with Crippen LogP contribution in [0.3, 0.4) is 0 Å². The van der Waals surface area contributed by atoms with E-state index in [1.807, 2.05) is 0 Å². The Morgan fingerprint density at radius 1 is 1.00 bits per heavy atom. The molecule has 1 heteroatoms. The van der Waals surface area contributed by atoms with Gasteiger partial charge in [-0.15, -0.1) is 0 Å². The summed E-state index contributed by atoms with van der Waals surface area (Å²) in [5, 5.41) is 10.6. The van der Waals surface area contributed by atoms with Gasteiger partial charge in [0.05, 0.1) is 5.60 Å². The molecule has 4 aliphatic carbocycles. The van der Waals surface area contributed by atoms with Crippen LogP contribution in [0.5, 0.6) is 0 Å². The van der Waals surface area contributed by atoms with Gasteiger partial charge in [0.2, 0.25) is 0 Å². The molecule has 1 N–H and O–H groups in total. The lowest BCUT2D eigenvalue weighted by molar-refractivity contribution is -0.202. The topological polar surface area (TPSA) is 20.2 Å². The van der Waals surface area contributed by atoms with Crippen LogP contribution in [0.15, 0.2) is 0 Å². The van der Waals surface area contributed by atoms with Gasteiger partial charge in [-0.1, -0.05) is 13.8 Å². The summed E-state index contributed by atoms with van der Waals surface area (Å²) < 4.78 is 0. The van der Waals surface area contributed by atoms with Gasteiger partial charge in [-0.25, -0.2) is 0 Å². The molecular formula is C16H26O. The third-order valence-electron chi connectivity index (χ3n) is 7.07. The van der Waals surface area contributed by atoms with Crippen molar-refractivity contribution in [3.05, 3.63) is 0 Å². The molecular weight excluding hydrogens is 208 g/mol. The smallest absolute Gasteiger partial charge is 0.0681 e. The number of aliphatic hydroxyl groups is 1. The zero-order valence-electron chi connectivity index (χ0n) is 11.3. The maximum atomic E-state index is 10.6. The van der Waals surface area contributed by atoms with Crippen molar-refractivity contribution >= 4 is 0 Å². The lowest BCUT2D eigenvalue weighted by Gasteiger charge is -2.63. The van der Waals surface area contributed by atoms with E-state index in [4.69, 9.17) is 0 Å². The van der Waals surface area contributed by atoms with Gasteiger partial charge < -0.3 is 5.11 Å². The SMILES string of the molecule is CC(C)C1(O)CC2(CC3CC4CC3CC2C4)C1. The highest BCUT2D eigenvalue weighted by Gasteiger charge is 2.64. The molecule has 4 saturated carbocycles. The molecule has 96 valence electrons. The van der Waals surface area contributed by atoms with Gasteiger partial charge in [-0.3, -0.25) is 0 Å². The van der Waals surface area contributed by atoms with Gasteiger partial charge in [0, 0.05) is 0 Å². The Kier molecular flexibility index (Phi) is 1.98. The first-order valence-electron chi connectivity index (χ1n) is 7.73. The minimum atomic E-state index is -0.311. The zero-order valence-corrected chi connectivity index (χ0v) is 11.3. The second-order valence-corrected chi connectivity index (χ2v) is 8.20. The van der Waals surface area contributed by atoms with E-state index < -0.39 is 0 Å². The van der Waals surface area contributed by atoms with Crippen LogP contribution in [0.4, 0.5) is 0 Å². The highest BCUT2D eigenvalue weighted by Crippen LogP contribution is 2.70. The largest absolute Gasteiger partial charge is 0.390 e. The van der Waals surface area contributed by atoms with Gasteiger partial charge in [0.25, 0.3) is 0 Å². The molecule has 17 heavy (non-hydrogen) atoms. The van der Waals surface area contributed by atoms with Crippen LogP contribution in [0.25, 0.3) is 0 Å². The second kappa shape index (κ2) is 3.10. The molecule has 0 aliphatic heterocycles. The minimum Gasteiger partial charge on any atom is -0.390 e. The fraction of sp³-hybridized carbons (Fsp3) is 1.00. The van der Waals surface area contributed by atoms with Crippen molar-refractivity contribution in [2.45, 2.75) is 64.4 Å². The van der Waals surface area contributed by atoms with Crippen molar-refractivity contribution < 1.29 is 5.11 Å². The number of rotatable bonds is 1. The molecule has 0 aromatic rings. The van der Waals surface area contributed by atoms with Crippen LogP contribution in [-0.2, 0) is 0 Å². The molecule has 4 aliphatic rings. The molecule has 0 aromatic carbocycles. The highest BCUT2D eigenvalue weighted by atomic mass is 16.3. The fourth-order valence-electron chi connectivity index (χ4n) is 6.13. The average molecular weight is 234 g/mol. The van der Waals surface area contributed by atoms with Crippen LogP contribution in [0, 0.1) is 35.0 Å². The summed E-state index contributed by atoms with van der Waals surface area (Å²) in [5.41, 5.74) is 0.268. The van der Waals surface area contributed by atoms with Crippen molar-refractivity contribution in [2.24, 2.45) is 35.0 Å². The van der Waals surface area contributed by atoms with Crippen LogP contribution in [0.2, 0.25) is 0 Å². The molecule has 0 heterocycles. The summed E-state index contributed by atoms with van der Waals surface area (Å²) >= 11 is 0. The summed E-state index contributed by atoms with van der Waals surface area (Å²) in [4.78, 5) is 0. The Balaban J connectivity index is 1.58. The third-order valence-corrected chi connectivity index (χ3v) is 7.07. The van der Waals surface area contributed by atoms with E-state index in [0.29, 0.717) is 11.3 Å². The normalized spacial score (nSPS) is 60.0. The molecule has 4 fully saturated rings. The van der Waals surface area contributed by atoms with E-state index in [1.165, 1.54) is 25.7 Å². The summed E-state index contributed by atoms with van der Waals surface area (Å²) in [6.07, 6.45) is 9.80. The summed E-state index contributed by atoms with van der Waals surface area (Å²) in [5.74, 6) is 4.61. The van der Waals surface area contributed by atoms with Crippen LogP contribution < -0.4 is 0 Å². The maximum Gasteiger partial charge on any atom is 0.0681 e. The average Bonchev–Trinajstić information content (AvgIpc) is 2.42. The van der Waals surface area contributed by atoms with Gasteiger partial charge in [-0.2, -0.15) is 0 Å². The predicted molar refractivity (Wildman–Crippen MR) is 68.5 cm³/mol. The van der Waals surface area contributed by atoms with Crippen LogP contribution in [0.1, 0.15) is 58.8 Å². The quantitative estimate of drug-likeness (QED) is 0.735. The lowest BCUT2D eigenvalue weighted by atomic mass is 9.44. The number of hydrogen-bond donors (Lipinski definition) is 1. The molecule has 0 amide bonds. The first-order valence-corrected chi connectivity index (χ1v) is 7.73. The standard InChI is InChI=1S/C16H26O/c1-10(2)16(17)8-15(9-16)7-13-4-11-3-12(13)6-14(15)5-11/h10-14,17H,3-9H2,1-2H3. The fourth-order valence-corrected chi connectivity index (χ4v) is 6.13. The summed E-state index contributed by atoms with van der Waals surface area (Å²) in [6.45, 7) is 4.39. The van der Waals surface area contributed by atoms with E-state index in [9.17, 15) is 5.11 Å². The Bertz CT molecular complexity index is 337. The molecule has 0 aromatic heterocycles. The van der Waals surface area contributed by atoms with Gasteiger partial charge in [0.1, 0.15) is 0 Å². The van der Waals surface area contributed by atoms with E-state index >= 15 is 0 Å². The monoisotopic (exact) mass is 234 g/mol. The molecule has 1 spiro atoms. The third kappa shape index (κ3) is 1.30. The van der Waals surface area contributed by atoms with Gasteiger partial charge in [0.15, 0.2) is 0 Å². The number of hydrogen-bond acceptors (Lipinski definition) is 1. The number of fused-ring (bicyclic) bond motifs is 3. The van der Waals surface area contributed by atoms with Gasteiger partial charge in [-0.05, 0) is 80.0 Å². The van der Waals surface area contributed by atoms with E-state index in [0.717, 1.165) is 36.5 Å². The Morgan fingerprint density at radius 2 is 1.71 bits per heavy atom. The molecule has 0 saturated heterocycles. The Morgan fingerprint density at radius 3 is 2.41 bits per heavy atom. The summed E-state index contributed by atoms with van der Waals surface area (Å²) in [7, 11) is 0. The minimum absolute atomic E-state index is 0.311. The first-order chi connectivity index (χ1) is 8.01. The molecule has 3 bridgehead atoms. The van der Waals surface area contributed by atoms with Crippen molar-refractivity contribution in [2.75, 3.05) is 0 Å². The summed E-state index contributed by atoms with van der Waals surface area (Å²) in [6, 6.07) is 0. The molecule has 1 nitrogen and oxygen atoms in total. The predicted octanol–water partition coefficient (Wildman–Crippen LogP) is 3.61. The second-order valence-electron chi connectivity index (χ2n) is 8.20. The van der Waals surface area contributed by atoms with E-state index in [-0.39, 0.29) is 5.60 Å². The first kappa shape index (κ1) is 10.8.